The number of rotatable bonds is 2. The van der Waals surface area contributed by atoms with Crippen molar-refractivity contribution in [2.24, 2.45) is 5.92 Å². The minimum absolute atomic E-state index is 0. The predicted molar refractivity (Wildman–Crippen MR) is 45.9 cm³/mol. The van der Waals surface area contributed by atoms with E-state index in [9.17, 15) is 4.79 Å². The van der Waals surface area contributed by atoms with Crippen molar-refractivity contribution in [1.29, 1.82) is 0 Å². The molecule has 72 valence electrons. The fourth-order valence-electron chi connectivity index (χ4n) is 1.20. The van der Waals surface area contributed by atoms with Crippen LogP contribution in [0.4, 0.5) is 0 Å². The van der Waals surface area contributed by atoms with Crippen molar-refractivity contribution < 1.29 is 14.6 Å². The van der Waals surface area contributed by atoms with Gasteiger partial charge in [-0.3, -0.25) is 4.89 Å². The Morgan fingerprint density at radius 2 is 2.33 bits per heavy atom. The zero-order chi connectivity index (χ0) is 8.10. The summed E-state index contributed by atoms with van der Waals surface area (Å²) in [5.41, 5.74) is 0. The summed E-state index contributed by atoms with van der Waals surface area (Å²) in [5, 5.41) is 3.12. The summed E-state index contributed by atoms with van der Waals surface area (Å²) in [6.45, 7) is 1.71. The van der Waals surface area contributed by atoms with Crippen LogP contribution in [0.2, 0.25) is 0 Å². The number of hydrogen-bond donors (Lipinski definition) is 1. The first kappa shape index (κ1) is 11.7. The maximum absolute atomic E-state index is 11.0. The molecule has 0 amide bonds. The summed E-state index contributed by atoms with van der Waals surface area (Å²) in [6.07, 6.45) is 1.93. The SMILES string of the molecule is COOC(=O)C1CCCNC1.Cl. The number of halogens is 1. The second-order valence-corrected chi connectivity index (χ2v) is 2.61. The van der Waals surface area contributed by atoms with Crippen molar-refractivity contribution in [3.63, 3.8) is 0 Å². The smallest absolute Gasteiger partial charge is 0.316 e. The Morgan fingerprint density at radius 1 is 1.58 bits per heavy atom. The first-order chi connectivity index (χ1) is 5.34. The van der Waals surface area contributed by atoms with Crippen LogP contribution >= 0.6 is 12.4 Å². The van der Waals surface area contributed by atoms with Crippen LogP contribution in [0.5, 0.6) is 0 Å². The molecule has 1 heterocycles. The molecule has 0 aromatic rings. The molecule has 1 fully saturated rings. The molecule has 1 unspecified atom stereocenters. The number of carbonyl (C=O) groups excluding carboxylic acids is 1. The van der Waals surface area contributed by atoms with Crippen molar-refractivity contribution >= 4 is 18.4 Å². The van der Waals surface area contributed by atoms with E-state index < -0.39 is 0 Å². The Labute approximate surface area is 77.9 Å². The highest BCUT2D eigenvalue weighted by atomic mass is 35.5. The van der Waals surface area contributed by atoms with Crippen molar-refractivity contribution in [3.05, 3.63) is 0 Å². The second kappa shape index (κ2) is 6.22. The van der Waals surface area contributed by atoms with Gasteiger partial charge in [0, 0.05) is 6.54 Å². The lowest BCUT2D eigenvalue weighted by molar-refractivity contribution is -0.259. The van der Waals surface area contributed by atoms with Crippen molar-refractivity contribution in [3.8, 4) is 0 Å². The highest BCUT2D eigenvalue weighted by Crippen LogP contribution is 2.11. The van der Waals surface area contributed by atoms with Gasteiger partial charge in [-0.2, -0.15) is 4.89 Å². The molecular weight excluding hydrogens is 182 g/mol. The molecule has 0 aromatic heterocycles. The fourth-order valence-corrected chi connectivity index (χ4v) is 1.20. The van der Waals surface area contributed by atoms with E-state index in [0.29, 0.717) is 6.54 Å². The maximum Gasteiger partial charge on any atom is 0.346 e. The third-order valence-electron chi connectivity index (χ3n) is 1.80. The first-order valence-electron chi connectivity index (χ1n) is 3.80. The quantitative estimate of drug-likeness (QED) is 0.515. The molecular formula is C7H14ClNO3. The summed E-state index contributed by atoms with van der Waals surface area (Å²) in [5.74, 6) is -0.289. The number of nitrogens with one attached hydrogen (secondary N) is 1. The van der Waals surface area contributed by atoms with Crippen LogP contribution in [-0.2, 0) is 14.6 Å². The number of piperidine rings is 1. The van der Waals surface area contributed by atoms with Gasteiger partial charge in [-0.1, -0.05) is 0 Å². The van der Waals surface area contributed by atoms with Crippen LogP contribution in [0.15, 0.2) is 0 Å². The van der Waals surface area contributed by atoms with E-state index in [1.54, 1.807) is 0 Å². The largest absolute Gasteiger partial charge is 0.346 e. The van der Waals surface area contributed by atoms with E-state index in [0.717, 1.165) is 19.4 Å². The van der Waals surface area contributed by atoms with Gasteiger partial charge in [0.2, 0.25) is 0 Å². The Hall–Kier alpha value is -0.320. The average molecular weight is 196 g/mol. The van der Waals surface area contributed by atoms with E-state index in [4.69, 9.17) is 0 Å². The van der Waals surface area contributed by atoms with Crippen LogP contribution in [0.1, 0.15) is 12.8 Å². The summed E-state index contributed by atoms with van der Waals surface area (Å²) in [7, 11) is 1.34. The molecule has 1 rings (SSSR count). The Kier molecular flexibility index (Phi) is 6.06. The van der Waals surface area contributed by atoms with Crippen LogP contribution in [0.3, 0.4) is 0 Å². The van der Waals surface area contributed by atoms with Gasteiger partial charge in [-0.15, -0.1) is 12.4 Å². The monoisotopic (exact) mass is 195 g/mol. The third kappa shape index (κ3) is 3.38. The molecule has 12 heavy (non-hydrogen) atoms. The maximum atomic E-state index is 11.0. The van der Waals surface area contributed by atoms with Gasteiger partial charge in [0.05, 0.1) is 13.0 Å². The third-order valence-corrected chi connectivity index (χ3v) is 1.80. The van der Waals surface area contributed by atoms with Crippen molar-refractivity contribution in [2.75, 3.05) is 20.2 Å². The molecule has 1 saturated heterocycles. The molecule has 0 bridgehead atoms. The molecule has 0 aliphatic carbocycles. The molecule has 4 nitrogen and oxygen atoms in total. The first-order valence-corrected chi connectivity index (χ1v) is 3.80. The van der Waals surface area contributed by atoms with Gasteiger partial charge in [-0.25, -0.2) is 4.79 Å². The van der Waals surface area contributed by atoms with E-state index in [1.165, 1.54) is 7.11 Å². The standard InChI is InChI=1S/C7H13NO3.ClH/c1-10-11-7(9)6-3-2-4-8-5-6;/h6,8H,2-5H2,1H3;1H. The lowest BCUT2D eigenvalue weighted by Crippen LogP contribution is -2.35. The predicted octanol–water partition coefficient (Wildman–Crippen LogP) is 0.512. The van der Waals surface area contributed by atoms with Gasteiger partial charge >= 0.3 is 5.97 Å². The Balaban J connectivity index is 0.00000121. The van der Waals surface area contributed by atoms with Gasteiger partial charge in [-0.05, 0) is 19.4 Å². The highest BCUT2D eigenvalue weighted by Gasteiger charge is 2.22. The zero-order valence-electron chi connectivity index (χ0n) is 7.04. The Morgan fingerprint density at radius 3 is 2.83 bits per heavy atom. The normalized spacial score (nSPS) is 22.6. The molecule has 1 aliphatic rings. The van der Waals surface area contributed by atoms with E-state index in [2.05, 4.69) is 15.1 Å². The molecule has 0 radical (unpaired) electrons. The van der Waals surface area contributed by atoms with Gasteiger partial charge < -0.3 is 5.32 Å². The van der Waals surface area contributed by atoms with E-state index in [-0.39, 0.29) is 24.3 Å². The van der Waals surface area contributed by atoms with Gasteiger partial charge in [0.1, 0.15) is 0 Å². The molecule has 1 atom stereocenters. The van der Waals surface area contributed by atoms with Crippen LogP contribution in [0, 0.1) is 5.92 Å². The molecule has 0 aromatic carbocycles. The van der Waals surface area contributed by atoms with Gasteiger partial charge in [0.15, 0.2) is 0 Å². The van der Waals surface area contributed by atoms with Crippen molar-refractivity contribution in [1.82, 2.24) is 5.32 Å². The topological polar surface area (TPSA) is 47.6 Å². The minimum atomic E-state index is -0.264. The average Bonchev–Trinajstić information content (AvgIpc) is 2.07. The molecule has 0 saturated carbocycles. The number of hydrogen-bond acceptors (Lipinski definition) is 4. The number of carbonyl (C=O) groups is 1. The molecule has 1 aliphatic heterocycles. The summed E-state index contributed by atoms with van der Waals surface area (Å²) in [4.78, 5) is 19.7. The molecule has 0 spiro atoms. The van der Waals surface area contributed by atoms with Crippen LogP contribution in [0.25, 0.3) is 0 Å². The van der Waals surface area contributed by atoms with Gasteiger partial charge in [0.25, 0.3) is 0 Å². The molecule has 1 N–H and O–H groups in total. The fraction of sp³-hybridized carbons (Fsp3) is 0.857. The lowest BCUT2D eigenvalue weighted by Gasteiger charge is -2.19. The second-order valence-electron chi connectivity index (χ2n) is 2.61. The van der Waals surface area contributed by atoms with E-state index in [1.807, 2.05) is 0 Å². The summed E-state index contributed by atoms with van der Waals surface area (Å²) in [6, 6.07) is 0. The van der Waals surface area contributed by atoms with Crippen molar-refractivity contribution in [2.45, 2.75) is 12.8 Å². The molecule has 5 heteroatoms. The van der Waals surface area contributed by atoms with Crippen LogP contribution in [-0.4, -0.2) is 26.2 Å². The lowest BCUT2D eigenvalue weighted by atomic mass is 10.0. The zero-order valence-corrected chi connectivity index (χ0v) is 7.86. The minimum Gasteiger partial charge on any atom is -0.316 e. The summed E-state index contributed by atoms with van der Waals surface area (Å²) < 4.78 is 0. The summed E-state index contributed by atoms with van der Waals surface area (Å²) >= 11 is 0. The Bertz CT molecular complexity index is 137. The van der Waals surface area contributed by atoms with E-state index >= 15 is 0 Å². The highest BCUT2D eigenvalue weighted by molar-refractivity contribution is 5.85. The van der Waals surface area contributed by atoms with Crippen LogP contribution < -0.4 is 5.32 Å².